The van der Waals surface area contributed by atoms with Crippen molar-refractivity contribution in [2.75, 3.05) is 6.16 Å². The molecule has 0 aliphatic rings. The summed E-state index contributed by atoms with van der Waals surface area (Å²) in [5, 5.41) is 13.7. The Morgan fingerprint density at radius 2 is 1.25 bits per heavy atom. The third kappa shape index (κ3) is 3.65. The van der Waals surface area contributed by atoms with E-state index in [0.29, 0.717) is 21.5 Å². The molecule has 0 aromatic heterocycles. The molecule has 150 valence electrons. The molecular weight excluding hydrogens is 380 g/mol. The van der Waals surface area contributed by atoms with Gasteiger partial charge in [-0.2, -0.15) is 13.2 Å². The van der Waals surface area contributed by atoms with Crippen molar-refractivity contribution in [3.05, 3.63) is 60.2 Å². The van der Waals surface area contributed by atoms with Crippen LogP contribution in [0.25, 0.3) is 21.5 Å². The Labute approximate surface area is 165 Å². The SMILES string of the molecule is CC(C)P(CC(O)(c1c2ccccc2cc2ccccc12)C(F)(F)F)C(C)C. The Kier molecular flexibility index (Phi) is 5.76. The van der Waals surface area contributed by atoms with Crippen LogP contribution in [0, 0.1) is 0 Å². The number of hydrogen-bond donors (Lipinski definition) is 1. The van der Waals surface area contributed by atoms with Crippen LogP contribution in [0.3, 0.4) is 0 Å². The lowest BCUT2D eigenvalue weighted by atomic mass is 9.85. The van der Waals surface area contributed by atoms with Crippen LogP contribution in [0.4, 0.5) is 13.2 Å². The maximum Gasteiger partial charge on any atom is 0.421 e. The maximum absolute atomic E-state index is 14.5. The van der Waals surface area contributed by atoms with Crippen molar-refractivity contribution in [3.8, 4) is 0 Å². The second-order valence-corrected chi connectivity index (χ2v) is 11.3. The highest BCUT2D eigenvalue weighted by atomic mass is 31.1. The lowest BCUT2D eigenvalue weighted by molar-refractivity contribution is -0.255. The van der Waals surface area contributed by atoms with Crippen LogP contribution in [0.1, 0.15) is 33.3 Å². The van der Waals surface area contributed by atoms with Gasteiger partial charge in [-0.25, -0.2) is 0 Å². The molecule has 3 aromatic rings. The number of fused-ring (bicyclic) bond motifs is 2. The van der Waals surface area contributed by atoms with Crippen molar-refractivity contribution in [3.63, 3.8) is 0 Å². The minimum Gasteiger partial charge on any atom is -0.376 e. The fourth-order valence-corrected chi connectivity index (χ4v) is 6.78. The van der Waals surface area contributed by atoms with E-state index in [1.54, 1.807) is 36.4 Å². The van der Waals surface area contributed by atoms with E-state index in [9.17, 15) is 18.3 Å². The van der Waals surface area contributed by atoms with E-state index in [0.717, 1.165) is 0 Å². The van der Waals surface area contributed by atoms with Gasteiger partial charge in [0.05, 0.1) is 0 Å². The Morgan fingerprint density at radius 1 is 0.821 bits per heavy atom. The van der Waals surface area contributed by atoms with Gasteiger partial charge >= 0.3 is 6.18 Å². The molecule has 0 aliphatic heterocycles. The van der Waals surface area contributed by atoms with Crippen molar-refractivity contribution in [2.24, 2.45) is 0 Å². The smallest absolute Gasteiger partial charge is 0.376 e. The zero-order chi connectivity index (χ0) is 20.7. The van der Waals surface area contributed by atoms with Crippen molar-refractivity contribution in [1.29, 1.82) is 0 Å². The summed E-state index contributed by atoms with van der Waals surface area (Å²) < 4.78 is 43.5. The van der Waals surface area contributed by atoms with E-state index in [1.165, 1.54) is 0 Å². The summed E-state index contributed by atoms with van der Waals surface area (Å²) in [7, 11) is -1.04. The molecule has 0 bridgehead atoms. The summed E-state index contributed by atoms with van der Waals surface area (Å²) in [4.78, 5) is 0. The zero-order valence-corrected chi connectivity index (χ0v) is 17.5. The van der Waals surface area contributed by atoms with Crippen molar-refractivity contribution in [2.45, 2.75) is 50.8 Å². The van der Waals surface area contributed by atoms with E-state index >= 15 is 0 Å². The van der Waals surface area contributed by atoms with Crippen molar-refractivity contribution < 1.29 is 18.3 Å². The van der Waals surface area contributed by atoms with E-state index in [2.05, 4.69) is 0 Å². The van der Waals surface area contributed by atoms with Crippen LogP contribution in [0.15, 0.2) is 54.6 Å². The third-order valence-corrected chi connectivity index (χ3v) is 8.87. The van der Waals surface area contributed by atoms with Crippen molar-refractivity contribution >= 4 is 29.5 Å². The van der Waals surface area contributed by atoms with Gasteiger partial charge in [0.25, 0.3) is 0 Å². The normalized spacial score (nSPS) is 15.1. The van der Waals surface area contributed by atoms with Crippen LogP contribution in [0.2, 0.25) is 0 Å². The Bertz CT molecular complexity index is 918. The standard InChI is InChI=1S/C23H26F3OP/c1-15(2)28(16(3)4)14-22(27,23(24,25)26)21-19-11-7-5-9-17(19)13-18-10-6-8-12-20(18)21/h5-13,15-16,27H,14H2,1-4H3. The molecule has 0 saturated heterocycles. The molecule has 3 rings (SSSR count). The molecule has 1 N–H and O–H groups in total. The largest absolute Gasteiger partial charge is 0.421 e. The minimum atomic E-state index is -4.77. The van der Waals surface area contributed by atoms with Gasteiger partial charge in [-0.15, -0.1) is 0 Å². The molecular formula is C23H26F3OP. The monoisotopic (exact) mass is 406 g/mol. The number of alkyl halides is 3. The van der Waals surface area contributed by atoms with Gasteiger partial charge in [-0.3, -0.25) is 0 Å². The summed E-state index contributed by atoms with van der Waals surface area (Å²) in [5.74, 6) is 0. The Hall–Kier alpha value is -1.64. The molecule has 5 heteroatoms. The van der Waals surface area contributed by atoms with Gasteiger partial charge in [0, 0.05) is 11.7 Å². The number of benzene rings is 3. The van der Waals surface area contributed by atoms with Crippen molar-refractivity contribution in [1.82, 2.24) is 0 Å². The van der Waals surface area contributed by atoms with Gasteiger partial charge in [0.2, 0.25) is 0 Å². The topological polar surface area (TPSA) is 20.2 Å². The first-order valence-electron chi connectivity index (χ1n) is 9.52. The molecule has 1 atom stereocenters. The maximum atomic E-state index is 14.5. The molecule has 0 amide bonds. The molecule has 1 nitrogen and oxygen atoms in total. The highest BCUT2D eigenvalue weighted by Crippen LogP contribution is 2.56. The van der Waals surface area contributed by atoms with Gasteiger partial charge in [0.15, 0.2) is 5.60 Å². The average molecular weight is 406 g/mol. The highest BCUT2D eigenvalue weighted by molar-refractivity contribution is 7.59. The second kappa shape index (κ2) is 7.65. The van der Waals surface area contributed by atoms with Crippen LogP contribution in [0.5, 0.6) is 0 Å². The number of hydrogen-bond acceptors (Lipinski definition) is 1. The molecule has 28 heavy (non-hydrogen) atoms. The number of rotatable bonds is 5. The average Bonchev–Trinajstić information content (AvgIpc) is 2.62. The first kappa shape index (κ1) is 21.1. The van der Waals surface area contributed by atoms with E-state index < -0.39 is 19.7 Å². The summed E-state index contributed by atoms with van der Waals surface area (Å²) in [5.41, 5.74) is -2.73. The van der Waals surface area contributed by atoms with E-state index in [1.807, 2.05) is 45.9 Å². The number of aliphatic hydroxyl groups is 1. The van der Waals surface area contributed by atoms with E-state index in [4.69, 9.17) is 0 Å². The van der Waals surface area contributed by atoms with E-state index in [-0.39, 0.29) is 23.0 Å². The molecule has 0 saturated carbocycles. The molecule has 0 heterocycles. The van der Waals surface area contributed by atoms with Gasteiger partial charge in [0.1, 0.15) is 0 Å². The summed E-state index contributed by atoms with van der Waals surface area (Å²) in [6.45, 7) is 7.79. The first-order valence-corrected chi connectivity index (χ1v) is 11.2. The second-order valence-electron chi connectivity index (χ2n) is 7.91. The summed E-state index contributed by atoms with van der Waals surface area (Å²) >= 11 is 0. The molecule has 0 spiro atoms. The third-order valence-electron chi connectivity index (χ3n) is 5.39. The lowest BCUT2D eigenvalue weighted by Gasteiger charge is -2.38. The summed E-state index contributed by atoms with van der Waals surface area (Å²) in [6.07, 6.45) is -5.07. The molecule has 0 fully saturated rings. The highest BCUT2D eigenvalue weighted by Gasteiger charge is 2.57. The zero-order valence-electron chi connectivity index (χ0n) is 16.6. The fourth-order valence-electron chi connectivity index (χ4n) is 4.00. The Balaban J connectivity index is 2.38. The van der Waals surface area contributed by atoms with Gasteiger partial charge in [-0.1, -0.05) is 84.1 Å². The fraction of sp³-hybridized carbons (Fsp3) is 0.391. The molecule has 0 radical (unpaired) electrons. The Morgan fingerprint density at radius 3 is 1.64 bits per heavy atom. The van der Waals surface area contributed by atoms with Gasteiger partial charge < -0.3 is 5.11 Å². The molecule has 0 aliphatic carbocycles. The molecule has 1 unspecified atom stereocenters. The first-order chi connectivity index (χ1) is 13.1. The van der Waals surface area contributed by atoms with Crippen LogP contribution in [-0.2, 0) is 5.60 Å². The number of halogens is 3. The lowest BCUT2D eigenvalue weighted by Crippen LogP contribution is -2.46. The predicted octanol–water partition coefficient (Wildman–Crippen LogP) is 7.04. The minimum absolute atomic E-state index is 0.0116. The summed E-state index contributed by atoms with van der Waals surface area (Å²) in [6, 6.07) is 15.9. The quantitative estimate of drug-likeness (QED) is 0.356. The van der Waals surface area contributed by atoms with Gasteiger partial charge in [-0.05, 0) is 38.9 Å². The van der Waals surface area contributed by atoms with Crippen LogP contribution in [-0.4, -0.2) is 28.8 Å². The van der Waals surface area contributed by atoms with Crippen LogP contribution < -0.4 is 0 Å². The molecule has 3 aromatic carbocycles. The predicted molar refractivity (Wildman–Crippen MR) is 113 cm³/mol. The van der Waals surface area contributed by atoms with Crippen LogP contribution >= 0.6 is 7.92 Å².